The summed E-state index contributed by atoms with van der Waals surface area (Å²) in [5, 5.41) is 0. The van der Waals surface area contributed by atoms with Crippen LogP contribution >= 0.6 is 0 Å². The van der Waals surface area contributed by atoms with Crippen LogP contribution in [0.4, 0.5) is 0 Å². The molecule has 3 nitrogen and oxygen atoms in total. The number of rotatable bonds is 7. The molecule has 114 valence electrons. The molecule has 0 bridgehead atoms. The highest BCUT2D eigenvalue weighted by molar-refractivity contribution is 4.95. The van der Waals surface area contributed by atoms with E-state index >= 15 is 0 Å². The number of nitrogens with zero attached hydrogens (tertiary/aromatic N) is 1. The van der Waals surface area contributed by atoms with Gasteiger partial charge in [-0.15, -0.1) is 0 Å². The van der Waals surface area contributed by atoms with Gasteiger partial charge in [0.25, 0.3) is 0 Å². The summed E-state index contributed by atoms with van der Waals surface area (Å²) < 4.78 is 5.52. The molecule has 0 radical (unpaired) electrons. The molecule has 1 aliphatic rings. The topological polar surface area (TPSA) is 38.5 Å². The van der Waals surface area contributed by atoms with Crippen molar-refractivity contribution in [2.24, 2.45) is 11.7 Å². The fourth-order valence-electron chi connectivity index (χ4n) is 3.14. The van der Waals surface area contributed by atoms with E-state index in [1.54, 1.807) is 7.11 Å². The minimum atomic E-state index is -0.0370. The van der Waals surface area contributed by atoms with E-state index in [1.165, 1.54) is 32.1 Å². The van der Waals surface area contributed by atoms with Crippen molar-refractivity contribution in [3.8, 4) is 0 Å². The molecule has 0 amide bonds. The molecular formula is C16H34N2O. The molecule has 0 unspecified atom stereocenters. The molecule has 0 saturated heterocycles. The van der Waals surface area contributed by atoms with Gasteiger partial charge in [0, 0.05) is 25.7 Å². The Balaban J connectivity index is 2.54. The summed E-state index contributed by atoms with van der Waals surface area (Å²) in [5.74, 6) is 0.920. The molecule has 1 rings (SSSR count). The normalized spacial score (nSPS) is 28.9. The summed E-state index contributed by atoms with van der Waals surface area (Å²) in [6.07, 6.45) is 7.56. The largest absolute Gasteiger partial charge is 0.379 e. The first kappa shape index (κ1) is 16.9. The van der Waals surface area contributed by atoms with E-state index in [0.717, 1.165) is 25.4 Å². The minimum absolute atomic E-state index is 0.0370. The second kappa shape index (κ2) is 7.05. The van der Waals surface area contributed by atoms with E-state index in [0.29, 0.717) is 0 Å². The van der Waals surface area contributed by atoms with Gasteiger partial charge in [-0.1, -0.05) is 13.3 Å². The van der Waals surface area contributed by atoms with E-state index in [-0.39, 0.29) is 11.1 Å². The number of ether oxygens (including phenoxy) is 1. The molecule has 0 aromatic heterocycles. The quantitative estimate of drug-likeness (QED) is 0.773. The van der Waals surface area contributed by atoms with Crippen molar-refractivity contribution in [3.05, 3.63) is 0 Å². The molecule has 0 atom stereocenters. The smallest absolute Gasteiger partial charge is 0.0634 e. The highest BCUT2D eigenvalue weighted by atomic mass is 16.5. The van der Waals surface area contributed by atoms with E-state index in [2.05, 4.69) is 32.7 Å². The number of hydrogen-bond donors (Lipinski definition) is 1. The van der Waals surface area contributed by atoms with Crippen molar-refractivity contribution < 1.29 is 4.74 Å². The van der Waals surface area contributed by atoms with Crippen molar-refractivity contribution in [1.82, 2.24) is 4.90 Å². The summed E-state index contributed by atoms with van der Waals surface area (Å²) in [6.45, 7) is 8.47. The fourth-order valence-corrected chi connectivity index (χ4v) is 3.14. The second-order valence-corrected chi connectivity index (χ2v) is 6.92. The molecule has 1 aliphatic carbocycles. The second-order valence-electron chi connectivity index (χ2n) is 6.92. The average Bonchev–Trinajstić information content (AvgIpc) is 2.44. The highest BCUT2D eigenvalue weighted by Gasteiger charge is 2.37. The molecule has 0 aliphatic heterocycles. The van der Waals surface area contributed by atoms with Gasteiger partial charge in [-0.3, -0.25) is 4.90 Å². The van der Waals surface area contributed by atoms with E-state index in [9.17, 15) is 0 Å². The minimum Gasteiger partial charge on any atom is -0.379 e. The molecular weight excluding hydrogens is 236 g/mol. The van der Waals surface area contributed by atoms with Gasteiger partial charge in [0.15, 0.2) is 0 Å². The Bertz CT molecular complexity index is 257. The third-order valence-corrected chi connectivity index (χ3v) is 5.40. The van der Waals surface area contributed by atoms with Crippen LogP contribution in [0.5, 0.6) is 0 Å². The molecule has 1 fully saturated rings. The van der Waals surface area contributed by atoms with Crippen LogP contribution in [0.3, 0.4) is 0 Å². The Kier molecular flexibility index (Phi) is 6.28. The van der Waals surface area contributed by atoms with Crippen LogP contribution in [0.25, 0.3) is 0 Å². The third kappa shape index (κ3) is 4.44. The van der Waals surface area contributed by atoms with Crippen LogP contribution < -0.4 is 5.73 Å². The van der Waals surface area contributed by atoms with Crippen molar-refractivity contribution in [3.63, 3.8) is 0 Å². The van der Waals surface area contributed by atoms with Crippen molar-refractivity contribution in [2.75, 3.05) is 27.2 Å². The van der Waals surface area contributed by atoms with Crippen molar-refractivity contribution in [2.45, 2.75) is 70.4 Å². The number of hydrogen-bond acceptors (Lipinski definition) is 3. The first-order valence-corrected chi connectivity index (χ1v) is 7.85. The highest BCUT2D eigenvalue weighted by Crippen LogP contribution is 2.37. The molecule has 1 saturated carbocycles. The SMILES string of the molecule is CCC1CCC(CN)(N(C)CCC(C)(C)OC)CC1. The average molecular weight is 270 g/mol. The van der Waals surface area contributed by atoms with E-state index in [1.807, 2.05) is 0 Å². The predicted octanol–water partition coefficient (Wildman–Crippen LogP) is 3.03. The van der Waals surface area contributed by atoms with Crippen LogP contribution in [-0.4, -0.2) is 43.3 Å². The summed E-state index contributed by atoms with van der Waals surface area (Å²) in [7, 11) is 4.04. The zero-order chi connectivity index (χ0) is 14.5. The monoisotopic (exact) mass is 270 g/mol. The number of nitrogens with two attached hydrogens (primary N) is 1. The summed E-state index contributed by atoms with van der Waals surface area (Å²) in [5.41, 5.74) is 6.32. The lowest BCUT2D eigenvalue weighted by Gasteiger charge is -2.46. The number of methoxy groups -OCH3 is 1. The van der Waals surface area contributed by atoms with Gasteiger partial charge in [0.2, 0.25) is 0 Å². The molecule has 3 heteroatoms. The maximum atomic E-state index is 6.12. The number of likely N-dealkylation sites (N-methyl/N-ethyl adjacent to an activating group) is 1. The third-order valence-electron chi connectivity index (χ3n) is 5.40. The van der Waals surface area contributed by atoms with Gasteiger partial charge in [-0.2, -0.15) is 0 Å². The van der Waals surface area contributed by atoms with Crippen molar-refractivity contribution in [1.29, 1.82) is 0 Å². The first-order valence-electron chi connectivity index (χ1n) is 7.85. The molecule has 0 aromatic carbocycles. The Morgan fingerprint density at radius 1 is 1.32 bits per heavy atom. The lowest BCUT2D eigenvalue weighted by atomic mass is 9.74. The zero-order valence-corrected chi connectivity index (χ0v) is 13.7. The lowest BCUT2D eigenvalue weighted by Crippen LogP contribution is -2.55. The molecule has 0 spiro atoms. The predicted molar refractivity (Wildman–Crippen MR) is 82.4 cm³/mol. The fraction of sp³-hybridized carbons (Fsp3) is 1.00. The molecule has 0 heterocycles. The van der Waals surface area contributed by atoms with Crippen LogP contribution in [0.2, 0.25) is 0 Å². The van der Waals surface area contributed by atoms with E-state index < -0.39 is 0 Å². The van der Waals surface area contributed by atoms with E-state index in [4.69, 9.17) is 10.5 Å². The van der Waals surface area contributed by atoms with Crippen LogP contribution in [0, 0.1) is 5.92 Å². The van der Waals surface area contributed by atoms with Gasteiger partial charge >= 0.3 is 0 Å². The van der Waals surface area contributed by atoms with Crippen LogP contribution in [0.15, 0.2) is 0 Å². The molecule has 2 N–H and O–H groups in total. The van der Waals surface area contributed by atoms with Gasteiger partial charge in [-0.05, 0) is 58.9 Å². The molecule has 19 heavy (non-hydrogen) atoms. The Labute approximate surface area is 119 Å². The van der Waals surface area contributed by atoms with Gasteiger partial charge in [0.05, 0.1) is 5.60 Å². The summed E-state index contributed by atoms with van der Waals surface area (Å²) in [4.78, 5) is 2.50. The van der Waals surface area contributed by atoms with Gasteiger partial charge < -0.3 is 10.5 Å². The summed E-state index contributed by atoms with van der Waals surface area (Å²) in [6, 6.07) is 0. The molecule has 0 aromatic rings. The summed E-state index contributed by atoms with van der Waals surface area (Å²) >= 11 is 0. The maximum Gasteiger partial charge on any atom is 0.0634 e. The van der Waals surface area contributed by atoms with Crippen LogP contribution in [0.1, 0.15) is 59.3 Å². The van der Waals surface area contributed by atoms with Gasteiger partial charge in [-0.25, -0.2) is 0 Å². The van der Waals surface area contributed by atoms with Gasteiger partial charge in [0.1, 0.15) is 0 Å². The Hall–Kier alpha value is -0.120. The Morgan fingerprint density at radius 2 is 1.89 bits per heavy atom. The lowest BCUT2D eigenvalue weighted by molar-refractivity contribution is -0.00824. The Morgan fingerprint density at radius 3 is 2.32 bits per heavy atom. The maximum absolute atomic E-state index is 6.12. The van der Waals surface area contributed by atoms with Crippen molar-refractivity contribution >= 4 is 0 Å². The first-order chi connectivity index (χ1) is 8.89. The zero-order valence-electron chi connectivity index (χ0n) is 13.7. The van der Waals surface area contributed by atoms with Crippen LogP contribution in [-0.2, 0) is 4.74 Å². The standard InChI is InChI=1S/C16H34N2O/c1-6-14-7-9-16(13-17,10-8-14)18(4)12-11-15(2,3)19-5/h14H,6-13,17H2,1-5H3.